The van der Waals surface area contributed by atoms with Crippen molar-refractivity contribution in [2.45, 2.75) is 63.8 Å². The molecule has 0 saturated carbocycles. The first-order valence-corrected chi connectivity index (χ1v) is 9.98. The van der Waals surface area contributed by atoms with E-state index in [-0.39, 0.29) is 11.2 Å². The number of nitrogens with zero attached hydrogens (tertiary/aromatic N) is 1. The number of rotatable bonds is 4. The zero-order valence-corrected chi connectivity index (χ0v) is 17.2. The van der Waals surface area contributed by atoms with Crippen LogP contribution in [-0.2, 0) is 17.4 Å². The van der Waals surface area contributed by atoms with E-state index in [0.29, 0.717) is 18.5 Å². The molecule has 2 aromatic carbocycles. The highest BCUT2D eigenvalue weighted by Gasteiger charge is 2.41. The number of benzene rings is 2. The summed E-state index contributed by atoms with van der Waals surface area (Å²) in [6.45, 7) is 6.82. The number of ether oxygens (including phenoxy) is 1. The van der Waals surface area contributed by atoms with Crippen molar-refractivity contribution in [2.75, 3.05) is 6.54 Å². The van der Waals surface area contributed by atoms with E-state index in [0.717, 1.165) is 30.4 Å². The fraction of sp³-hybridized carbons (Fsp3) is 0.478. The molecule has 0 aromatic heterocycles. The summed E-state index contributed by atoms with van der Waals surface area (Å²) >= 11 is 0. The van der Waals surface area contributed by atoms with Gasteiger partial charge >= 0.3 is 6.36 Å². The normalized spacial score (nSPS) is 21.2. The van der Waals surface area contributed by atoms with Crippen LogP contribution in [0.15, 0.2) is 48.5 Å². The number of nitrogens with two attached hydrogens (primary N) is 1. The molecule has 1 fully saturated rings. The van der Waals surface area contributed by atoms with Gasteiger partial charge in [-0.2, -0.15) is 0 Å². The maximum Gasteiger partial charge on any atom is 0.573 e. The third-order valence-corrected chi connectivity index (χ3v) is 5.74. The molecule has 3 nitrogen and oxygen atoms in total. The second-order valence-corrected chi connectivity index (χ2v) is 8.85. The summed E-state index contributed by atoms with van der Waals surface area (Å²) < 4.78 is 43.6. The standard InChI is InChI=1S/C23H29F3N2O/c1-21(2,3)19-11-12-20(29-23(24,25)26)17(15-19)16-22(13-7-8-14-28(22)27)18-9-5-4-6-10-18/h4-6,9-12,15H,7-8,13-14,16,27H2,1-3H3. The molecule has 1 aliphatic heterocycles. The van der Waals surface area contributed by atoms with Crippen LogP contribution in [0, 0.1) is 0 Å². The Hall–Kier alpha value is -2.05. The maximum atomic E-state index is 13.1. The van der Waals surface area contributed by atoms with E-state index in [4.69, 9.17) is 5.84 Å². The Morgan fingerprint density at radius 2 is 1.72 bits per heavy atom. The second-order valence-electron chi connectivity index (χ2n) is 8.85. The molecule has 1 saturated heterocycles. The van der Waals surface area contributed by atoms with Gasteiger partial charge in [-0.3, -0.25) is 5.84 Å². The summed E-state index contributed by atoms with van der Waals surface area (Å²) in [6, 6.07) is 14.8. The van der Waals surface area contributed by atoms with E-state index in [2.05, 4.69) is 4.74 Å². The van der Waals surface area contributed by atoms with Crippen molar-refractivity contribution in [2.24, 2.45) is 5.84 Å². The van der Waals surface area contributed by atoms with Gasteiger partial charge in [-0.25, -0.2) is 5.01 Å². The summed E-state index contributed by atoms with van der Waals surface area (Å²) in [5.74, 6) is 6.31. The molecule has 0 bridgehead atoms. The van der Waals surface area contributed by atoms with Gasteiger partial charge in [-0.15, -0.1) is 13.2 Å². The van der Waals surface area contributed by atoms with Crippen molar-refractivity contribution in [3.05, 3.63) is 65.2 Å². The Kier molecular flexibility index (Phi) is 5.97. The molecule has 0 radical (unpaired) electrons. The molecule has 29 heavy (non-hydrogen) atoms. The van der Waals surface area contributed by atoms with Crippen LogP contribution in [0.5, 0.6) is 5.75 Å². The number of alkyl halides is 3. The van der Waals surface area contributed by atoms with Crippen molar-refractivity contribution in [3.63, 3.8) is 0 Å². The van der Waals surface area contributed by atoms with Crippen LogP contribution >= 0.6 is 0 Å². The van der Waals surface area contributed by atoms with Gasteiger partial charge in [0.15, 0.2) is 0 Å². The maximum absolute atomic E-state index is 13.1. The van der Waals surface area contributed by atoms with E-state index < -0.39 is 11.9 Å². The van der Waals surface area contributed by atoms with Crippen LogP contribution in [-0.4, -0.2) is 17.9 Å². The van der Waals surface area contributed by atoms with Crippen LogP contribution in [0.25, 0.3) is 0 Å². The van der Waals surface area contributed by atoms with Crippen LogP contribution < -0.4 is 10.6 Å². The molecule has 2 N–H and O–H groups in total. The summed E-state index contributed by atoms with van der Waals surface area (Å²) in [6.07, 6.45) is -1.68. The quantitative estimate of drug-likeness (QED) is 0.664. The van der Waals surface area contributed by atoms with Gasteiger partial charge < -0.3 is 4.74 Å². The van der Waals surface area contributed by atoms with Crippen molar-refractivity contribution in [1.29, 1.82) is 0 Å². The van der Waals surface area contributed by atoms with Crippen LogP contribution in [0.3, 0.4) is 0 Å². The van der Waals surface area contributed by atoms with Crippen molar-refractivity contribution in [3.8, 4) is 5.75 Å². The lowest BCUT2D eigenvalue weighted by Gasteiger charge is -2.45. The summed E-state index contributed by atoms with van der Waals surface area (Å²) in [7, 11) is 0. The average Bonchev–Trinajstić information content (AvgIpc) is 2.64. The zero-order chi connectivity index (χ0) is 21.3. The molecule has 3 rings (SSSR count). The number of hydrazine groups is 1. The molecule has 1 aliphatic rings. The first-order valence-electron chi connectivity index (χ1n) is 9.98. The van der Waals surface area contributed by atoms with E-state index >= 15 is 0 Å². The molecular formula is C23H29F3N2O. The number of hydrogen-bond donors (Lipinski definition) is 1. The zero-order valence-electron chi connectivity index (χ0n) is 17.2. The van der Waals surface area contributed by atoms with Crippen molar-refractivity contribution in [1.82, 2.24) is 5.01 Å². The summed E-state index contributed by atoms with van der Waals surface area (Å²) in [5, 5.41) is 1.80. The third kappa shape index (κ3) is 4.93. The second kappa shape index (κ2) is 8.00. The molecule has 0 spiro atoms. The first-order chi connectivity index (χ1) is 13.5. The molecule has 1 heterocycles. The number of piperidine rings is 1. The Balaban J connectivity index is 2.11. The molecular weight excluding hydrogens is 377 g/mol. The molecule has 158 valence electrons. The molecule has 1 atom stereocenters. The highest BCUT2D eigenvalue weighted by atomic mass is 19.4. The molecule has 1 unspecified atom stereocenters. The largest absolute Gasteiger partial charge is 0.573 e. The number of halogens is 3. The van der Waals surface area contributed by atoms with Crippen LogP contribution in [0.2, 0.25) is 0 Å². The van der Waals surface area contributed by atoms with Gasteiger partial charge in [0, 0.05) is 6.54 Å². The highest BCUT2D eigenvalue weighted by Crippen LogP contribution is 2.42. The van der Waals surface area contributed by atoms with Gasteiger partial charge in [-0.05, 0) is 53.9 Å². The minimum Gasteiger partial charge on any atom is -0.406 e. The van der Waals surface area contributed by atoms with Crippen LogP contribution in [0.4, 0.5) is 13.2 Å². The average molecular weight is 406 g/mol. The van der Waals surface area contributed by atoms with E-state index in [1.165, 1.54) is 6.07 Å². The Bertz CT molecular complexity index is 830. The molecule has 0 amide bonds. The van der Waals surface area contributed by atoms with E-state index in [9.17, 15) is 13.2 Å². The summed E-state index contributed by atoms with van der Waals surface area (Å²) in [5.41, 5.74) is 1.74. The fourth-order valence-corrected chi connectivity index (χ4v) is 4.13. The lowest BCUT2D eigenvalue weighted by molar-refractivity contribution is -0.275. The topological polar surface area (TPSA) is 38.5 Å². The van der Waals surface area contributed by atoms with Crippen molar-refractivity contribution < 1.29 is 17.9 Å². The fourth-order valence-electron chi connectivity index (χ4n) is 4.13. The highest BCUT2D eigenvalue weighted by molar-refractivity contribution is 5.42. The first kappa shape index (κ1) is 21.7. The van der Waals surface area contributed by atoms with Crippen molar-refractivity contribution >= 4 is 0 Å². The third-order valence-electron chi connectivity index (χ3n) is 5.74. The lowest BCUT2D eigenvalue weighted by atomic mass is 9.76. The Morgan fingerprint density at radius 1 is 1.03 bits per heavy atom. The molecule has 0 aliphatic carbocycles. The smallest absolute Gasteiger partial charge is 0.406 e. The van der Waals surface area contributed by atoms with Gasteiger partial charge in [0.1, 0.15) is 5.75 Å². The molecule has 6 heteroatoms. The van der Waals surface area contributed by atoms with Gasteiger partial charge in [0.2, 0.25) is 0 Å². The van der Waals surface area contributed by atoms with E-state index in [1.54, 1.807) is 11.1 Å². The van der Waals surface area contributed by atoms with Gasteiger partial charge in [0.25, 0.3) is 0 Å². The number of hydrogen-bond acceptors (Lipinski definition) is 3. The Labute approximate surface area is 170 Å². The van der Waals surface area contributed by atoms with E-state index in [1.807, 2.05) is 57.2 Å². The summed E-state index contributed by atoms with van der Waals surface area (Å²) in [4.78, 5) is 0. The minimum absolute atomic E-state index is 0.153. The van der Waals surface area contributed by atoms with Crippen LogP contribution in [0.1, 0.15) is 56.7 Å². The predicted octanol–water partition coefficient (Wildman–Crippen LogP) is 5.68. The van der Waals surface area contributed by atoms with Gasteiger partial charge in [-0.1, -0.05) is 63.2 Å². The van der Waals surface area contributed by atoms with Gasteiger partial charge in [0.05, 0.1) is 5.54 Å². The monoisotopic (exact) mass is 406 g/mol. The minimum atomic E-state index is -4.74. The lowest BCUT2D eigenvalue weighted by Crippen LogP contribution is -2.54. The molecule has 2 aromatic rings. The predicted molar refractivity (Wildman–Crippen MR) is 108 cm³/mol. The Morgan fingerprint density at radius 3 is 2.31 bits per heavy atom. The SMILES string of the molecule is CC(C)(C)c1ccc(OC(F)(F)F)c(CC2(c3ccccc3)CCCCN2N)c1.